The molecule has 2 atom stereocenters. The van der Waals surface area contributed by atoms with Crippen molar-refractivity contribution in [2.75, 3.05) is 13.2 Å². The van der Waals surface area contributed by atoms with Gasteiger partial charge in [0, 0.05) is 6.04 Å². The molecule has 0 aromatic rings. The number of hydrogen-bond acceptors (Lipinski definition) is 3. The molecule has 0 spiro atoms. The molecule has 2 N–H and O–H groups in total. The van der Waals surface area contributed by atoms with Gasteiger partial charge in [-0.3, -0.25) is 0 Å². The van der Waals surface area contributed by atoms with Gasteiger partial charge in [-0.15, -0.1) is 0 Å². The molecule has 0 rings (SSSR count). The van der Waals surface area contributed by atoms with Gasteiger partial charge < -0.3 is 15.2 Å². The van der Waals surface area contributed by atoms with Crippen LogP contribution in [0.5, 0.6) is 0 Å². The van der Waals surface area contributed by atoms with E-state index in [2.05, 4.69) is 39.9 Å². The van der Waals surface area contributed by atoms with Gasteiger partial charge in [0.05, 0.1) is 25.4 Å². The van der Waals surface area contributed by atoms with Crippen LogP contribution in [0.1, 0.15) is 34.6 Å². The van der Waals surface area contributed by atoms with Gasteiger partial charge in [-0.25, -0.2) is 0 Å². The normalized spacial score (nSPS) is 16.3. The lowest BCUT2D eigenvalue weighted by atomic mass is 10.1. The number of aliphatic hydroxyl groups excluding tert-OH is 1. The second kappa shape index (κ2) is 7.21. The van der Waals surface area contributed by atoms with E-state index in [-0.39, 0.29) is 18.8 Å². The van der Waals surface area contributed by atoms with Gasteiger partial charge in [-0.05, 0) is 12.8 Å². The van der Waals surface area contributed by atoms with E-state index in [9.17, 15) is 0 Å². The molecule has 0 aliphatic carbocycles. The Morgan fingerprint density at radius 2 is 1.71 bits per heavy atom. The van der Waals surface area contributed by atoms with Crippen LogP contribution in [0.4, 0.5) is 0 Å². The Hall–Kier alpha value is -0.120. The van der Waals surface area contributed by atoms with Crippen LogP contribution in [0.15, 0.2) is 0 Å². The smallest absolute Gasteiger partial charge is 0.0645 e. The first-order valence-corrected chi connectivity index (χ1v) is 5.45. The van der Waals surface area contributed by atoms with E-state index in [1.54, 1.807) is 0 Å². The lowest BCUT2D eigenvalue weighted by molar-refractivity contribution is 0.0114. The van der Waals surface area contributed by atoms with Gasteiger partial charge in [0.15, 0.2) is 0 Å². The third-order valence-corrected chi connectivity index (χ3v) is 2.29. The van der Waals surface area contributed by atoms with Gasteiger partial charge in [-0.2, -0.15) is 0 Å². The second-order valence-electron chi connectivity index (χ2n) is 4.48. The first-order chi connectivity index (χ1) is 6.47. The quantitative estimate of drug-likeness (QED) is 0.657. The lowest BCUT2D eigenvalue weighted by Crippen LogP contribution is -2.41. The summed E-state index contributed by atoms with van der Waals surface area (Å²) in [5.41, 5.74) is 0. The third-order valence-electron chi connectivity index (χ3n) is 2.29. The van der Waals surface area contributed by atoms with E-state index in [1.807, 2.05) is 0 Å². The average Bonchev–Trinajstić information content (AvgIpc) is 2.10. The zero-order chi connectivity index (χ0) is 11.1. The van der Waals surface area contributed by atoms with E-state index in [0.717, 1.165) is 0 Å². The summed E-state index contributed by atoms with van der Waals surface area (Å²) in [5.74, 6) is 0.522. The standard InChI is InChI=1S/C11H25NO2/c1-8(2)10(5)14-7-11(6-13)12-9(3)4/h8-13H,6-7H2,1-5H3. The number of nitrogens with one attached hydrogen (secondary N) is 1. The Morgan fingerprint density at radius 1 is 1.14 bits per heavy atom. The molecule has 86 valence electrons. The average molecular weight is 203 g/mol. The zero-order valence-electron chi connectivity index (χ0n) is 10.1. The van der Waals surface area contributed by atoms with Crippen molar-refractivity contribution in [3.05, 3.63) is 0 Å². The summed E-state index contributed by atoms with van der Waals surface area (Å²) in [4.78, 5) is 0. The maximum Gasteiger partial charge on any atom is 0.0645 e. The molecule has 0 bridgehead atoms. The van der Waals surface area contributed by atoms with Crippen LogP contribution >= 0.6 is 0 Å². The van der Waals surface area contributed by atoms with E-state index in [1.165, 1.54) is 0 Å². The van der Waals surface area contributed by atoms with Crippen molar-refractivity contribution in [3.8, 4) is 0 Å². The fourth-order valence-corrected chi connectivity index (χ4v) is 1.09. The summed E-state index contributed by atoms with van der Waals surface area (Å²) in [6.45, 7) is 11.2. The summed E-state index contributed by atoms with van der Waals surface area (Å²) in [5, 5.41) is 12.3. The predicted octanol–water partition coefficient (Wildman–Crippen LogP) is 1.41. The van der Waals surface area contributed by atoms with Crippen molar-refractivity contribution in [2.24, 2.45) is 5.92 Å². The van der Waals surface area contributed by atoms with Crippen molar-refractivity contribution >= 4 is 0 Å². The summed E-state index contributed by atoms with van der Waals surface area (Å²) in [6, 6.07) is 0.432. The van der Waals surface area contributed by atoms with Crippen LogP contribution < -0.4 is 5.32 Å². The van der Waals surface area contributed by atoms with Crippen molar-refractivity contribution in [2.45, 2.75) is 52.8 Å². The van der Waals surface area contributed by atoms with Crippen LogP contribution in [-0.2, 0) is 4.74 Å². The van der Waals surface area contributed by atoms with E-state index < -0.39 is 0 Å². The molecule has 14 heavy (non-hydrogen) atoms. The Labute approximate surface area is 87.8 Å². The van der Waals surface area contributed by atoms with Crippen LogP contribution in [0.3, 0.4) is 0 Å². The topological polar surface area (TPSA) is 41.5 Å². The molecule has 0 fully saturated rings. The highest BCUT2D eigenvalue weighted by molar-refractivity contribution is 4.68. The third kappa shape index (κ3) is 6.35. The van der Waals surface area contributed by atoms with Crippen molar-refractivity contribution in [1.82, 2.24) is 5.32 Å². The summed E-state index contributed by atoms with van der Waals surface area (Å²) in [7, 11) is 0. The number of hydrogen-bond donors (Lipinski definition) is 2. The van der Waals surface area contributed by atoms with Crippen LogP contribution in [0.25, 0.3) is 0 Å². The SMILES string of the molecule is CC(C)NC(CO)COC(C)C(C)C. The van der Waals surface area contributed by atoms with Crippen LogP contribution in [0.2, 0.25) is 0 Å². The molecule has 0 aliphatic rings. The van der Waals surface area contributed by atoms with Crippen molar-refractivity contribution < 1.29 is 9.84 Å². The molecule has 0 aromatic carbocycles. The number of rotatable bonds is 7. The molecule has 0 heterocycles. The van der Waals surface area contributed by atoms with Gasteiger partial charge in [0.25, 0.3) is 0 Å². The molecule has 2 unspecified atom stereocenters. The highest BCUT2D eigenvalue weighted by Gasteiger charge is 2.12. The molecule has 0 amide bonds. The first kappa shape index (κ1) is 13.9. The highest BCUT2D eigenvalue weighted by Crippen LogP contribution is 2.05. The van der Waals surface area contributed by atoms with Crippen LogP contribution in [-0.4, -0.2) is 36.5 Å². The van der Waals surface area contributed by atoms with Crippen LogP contribution in [0, 0.1) is 5.92 Å². The maximum absolute atomic E-state index is 9.08. The zero-order valence-corrected chi connectivity index (χ0v) is 10.1. The van der Waals surface area contributed by atoms with Gasteiger partial charge in [0.1, 0.15) is 0 Å². The minimum atomic E-state index is 0.0520. The van der Waals surface area contributed by atoms with E-state index >= 15 is 0 Å². The predicted molar refractivity (Wildman–Crippen MR) is 59.4 cm³/mol. The Balaban J connectivity index is 3.72. The minimum absolute atomic E-state index is 0.0520. The minimum Gasteiger partial charge on any atom is -0.395 e. The molecule has 0 radical (unpaired) electrons. The van der Waals surface area contributed by atoms with Gasteiger partial charge in [0.2, 0.25) is 0 Å². The van der Waals surface area contributed by atoms with Gasteiger partial charge >= 0.3 is 0 Å². The molecule has 0 saturated heterocycles. The fourth-order valence-electron chi connectivity index (χ4n) is 1.09. The molecule has 3 nitrogen and oxygen atoms in total. The highest BCUT2D eigenvalue weighted by atomic mass is 16.5. The largest absolute Gasteiger partial charge is 0.395 e. The number of aliphatic hydroxyl groups is 1. The van der Waals surface area contributed by atoms with E-state index in [4.69, 9.17) is 9.84 Å². The Morgan fingerprint density at radius 3 is 2.07 bits per heavy atom. The summed E-state index contributed by atoms with van der Waals surface area (Å²) < 4.78 is 5.63. The Bertz CT molecular complexity index is 137. The second-order valence-corrected chi connectivity index (χ2v) is 4.48. The molecular formula is C11H25NO2. The fraction of sp³-hybridized carbons (Fsp3) is 1.00. The molecule has 0 saturated carbocycles. The van der Waals surface area contributed by atoms with Crippen molar-refractivity contribution in [1.29, 1.82) is 0 Å². The maximum atomic E-state index is 9.08. The monoisotopic (exact) mass is 203 g/mol. The van der Waals surface area contributed by atoms with E-state index in [0.29, 0.717) is 18.6 Å². The number of ether oxygens (including phenoxy) is 1. The summed E-state index contributed by atoms with van der Waals surface area (Å²) >= 11 is 0. The molecule has 0 aromatic heterocycles. The Kier molecular flexibility index (Phi) is 7.15. The molecule has 0 aliphatic heterocycles. The molecular weight excluding hydrogens is 178 g/mol. The lowest BCUT2D eigenvalue weighted by Gasteiger charge is -2.23. The summed E-state index contributed by atoms with van der Waals surface area (Å²) in [6.07, 6.45) is 0.248. The first-order valence-electron chi connectivity index (χ1n) is 5.45. The van der Waals surface area contributed by atoms with Gasteiger partial charge in [-0.1, -0.05) is 27.7 Å². The van der Waals surface area contributed by atoms with Crippen molar-refractivity contribution in [3.63, 3.8) is 0 Å². The molecule has 3 heteroatoms.